The quantitative estimate of drug-likeness (QED) is 0.567. The standard InChI is InChI=1S/C19H22O3/c20-14-8-7-13-19(21-15-17-9-3-1-4-10-17)22-16-18-11-5-2-6-12-18/h1-12,19-20H,13-16H2. The molecule has 0 fully saturated rings. The zero-order valence-corrected chi connectivity index (χ0v) is 12.6. The van der Waals surface area contributed by atoms with Gasteiger partial charge in [-0.05, 0) is 11.1 Å². The highest BCUT2D eigenvalue weighted by Crippen LogP contribution is 2.11. The first-order valence-corrected chi connectivity index (χ1v) is 7.45. The molecule has 0 saturated carbocycles. The predicted molar refractivity (Wildman–Crippen MR) is 87.1 cm³/mol. The van der Waals surface area contributed by atoms with Crippen LogP contribution in [0.25, 0.3) is 0 Å². The predicted octanol–water partition coefficient (Wildman–Crippen LogP) is 3.68. The molecular formula is C19H22O3. The van der Waals surface area contributed by atoms with Gasteiger partial charge in [0.15, 0.2) is 6.29 Å². The Morgan fingerprint density at radius 2 is 1.27 bits per heavy atom. The molecule has 2 aromatic rings. The van der Waals surface area contributed by atoms with Gasteiger partial charge in [-0.25, -0.2) is 0 Å². The van der Waals surface area contributed by atoms with Gasteiger partial charge in [0.25, 0.3) is 0 Å². The van der Waals surface area contributed by atoms with Crippen molar-refractivity contribution in [2.75, 3.05) is 6.61 Å². The van der Waals surface area contributed by atoms with Crippen molar-refractivity contribution in [1.82, 2.24) is 0 Å². The van der Waals surface area contributed by atoms with Crippen LogP contribution in [0.5, 0.6) is 0 Å². The van der Waals surface area contributed by atoms with Gasteiger partial charge in [0.1, 0.15) is 0 Å². The molecule has 116 valence electrons. The summed E-state index contributed by atoms with van der Waals surface area (Å²) in [4.78, 5) is 0. The normalized spacial score (nSPS) is 11.4. The van der Waals surface area contributed by atoms with E-state index in [0.29, 0.717) is 19.6 Å². The van der Waals surface area contributed by atoms with Crippen LogP contribution in [0.15, 0.2) is 72.8 Å². The molecule has 1 N–H and O–H groups in total. The van der Waals surface area contributed by atoms with Crippen LogP contribution in [-0.2, 0) is 22.7 Å². The first kappa shape index (κ1) is 16.4. The molecule has 0 bridgehead atoms. The Hall–Kier alpha value is -1.94. The lowest BCUT2D eigenvalue weighted by Gasteiger charge is -2.17. The second-order valence-corrected chi connectivity index (χ2v) is 4.91. The Morgan fingerprint density at radius 1 is 0.773 bits per heavy atom. The first-order valence-electron chi connectivity index (χ1n) is 7.45. The third kappa shape index (κ3) is 6.22. The topological polar surface area (TPSA) is 38.7 Å². The minimum absolute atomic E-state index is 0.0318. The summed E-state index contributed by atoms with van der Waals surface area (Å²) in [6, 6.07) is 20.0. The van der Waals surface area contributed by atoms with E-state index >= 15 is 0 Å². The second-order valence-electron chi connectivity index (χ2n) is 4.91. The Morgan fingerprint density at radius 3 is 1.73 bits per heavy atom. The van der Waals surface area contributed by atoms with Crippen LogP contribution in [-0.4, -0.2) is 18.0 Å². The number of benzene rings is 2. The smallest absolute Gasteiger partial charge is 0.161 e. The fraction of sp³-hybridized carbons (Fsp3) is 0.263. The van der Waals surface area contributed by atoms with E-state index in [0.717, 1.165) is 11.1 Å². The Labute approximate surface area is 131 Å². The third-order valence-electron chi connectivity index (χ3n) is 3.16. The van der Waals surface area contributed by atoms with E-state index in [9.17, 15) is 0 Å². The lowest BCUT2D eigenvalue weighted by molar-refractivity contribution is -0.154. The van der Waals surface area contributed by atoms with Crippen LogP contribution < -0.4 is 0 Å². The van der Waals surface area contributed by atoms with Crippen LogP contribution in [0.3, 0.4) is 0 Å². The van der Waals surface area contributed by atoms with Gasteiger partial charge in [-0.2, -0.15) is 0 Å². The van der Waals surface area contributed by atoms with Crippen molar-refractivity contribution in [3.63, 3.8) is 0 Å². The van der Waals surface area contributed by atoms with E-state index in [4.69, 9.17) is 14.6 Å². The largest absolute Gasteiger partial charge is 0.392 e. The molecule has 0 aromatic heterocycles. The minimum atomic E-state index is -0.330. The molecule has 0 radical (unpaired) electrons. The highest BCUT2D eigenvalue weighted by Gasteiger charge is 2.08. The fourth-order valence-corrected chi connectivity index (χ4v) is 1.99. The summed E-state index contributed by atoms with van der Waals surface area (Å²) in [7, 11) is 0. The van der Waals surface area contributed by atoms with E-state index < -0.39 is 0 Å². The van der Waals surface area contributed by atoms with Crippen molar-refractivity contribution in [2.24, 2.45) is 0 Å². The van der Waals surface area contributed by atoms with Crippen LogP contribution in [0, 0.1) is 0 Å². The summed E-state index contributed by atoms with van der Waals surface area (Å²) in [6.07, 6.45) is 3.86. The van der Waals surface area contributed by atoms with Gasteiger partial charge in [0, 0.05) is 6.42 Å². The lowest BCUT2D eigenvalue weighted by atomic mass is 10.2. The molecule has 0 saturated heterocycles. The van der Waals surface area contributed by atoms with Crippen LogP contribution in [0.4, 0.5) is 0 Å². The van der Waals surface area contributed by atoms with Crippen molar-refractivity contribution in [2.45, 2.75) is 25.9 Å². The minimum Gasteiger partial charge on any atom is -0.392 e. The van der Waals surface area contributed by atoms with Gasteiger partial charge in [-0.1, -0.05) is 72.8 Å². The molecule has 0 aliphatic rings. The van der Waals surface area contributed by atoms with Gasteiger partial charge < -0.3 is 14.6 Å². The Balaban J connectivity index is 1.86. The van der Waals surface area contributed by atoms with Crippen molar-refractivity contribution >= 4 is 0 Å². The molecule has 0 atom stereocenters. The molecule has 0 unspecified atom stereocenters. The third-order valence-corrected chi connectivity index (χ3v) is 3.16. The lowest BCUT2D eigenvalue weighted by Crippen LogP contribution is -2.16. The number of ether oxygens (including phenoxy) is 2. The average Bonchev–Trinajstić information content (AvgIpc) is 2.59. The van der Waals surface area contributed by atoms with Crippen molar-refractivity contribution < 1.29 is 14.6 Å². The maximum atomic E-state index is 8.83. The van der Waals surface area contributed by atoms with Gasteiger partial charge in [0.2, 0.25) is 0 Å². The van der Waals surface area contributed by atoms with E-state index in [-0.39, 0.29) is 12.9 Å². The molecule has 0 heterocycles. The van der Waals surface area contributed by atoms with E-state index in [1.807, 2.05) is 66.7 Å². The summed E-state index contributed by atoms with van der Waals surface area (Å²) < 4.78 is 11.7. The SMILES string of the molecule is OCC=CCC(OCc1ccccc1)OCc1ccccc1. The van der Waals surface area contributed by atoms with Crippen LogP contribution in [0.1, 0.15) is 17.5 Å². The highest BCUT2D eigenvalue weighted by molar-refractivity contribution is 5.14. The molecule has 2 aromatic carbocycles. The summed E-state index contributed by atoms with van der Waals surface area (Å²) >= 11 is 0. The molecule has 3 nitrogen and oxygen atoms in total. The Bertz CT molecular complexity index is 494. The molecule has 0 aliphatic carbocycles. The van der Waals surface area contributed by atoms with Gasteiger partial charge in [0.05, 0.1) is 19.8 Å². The summed E-state index contributed by atoms with van der Waals surface area (Å²) in [5, 5.41) is 8.83. The van der Waals surface area contributed by atoms with Gasteiger partial charge in [-0.3, -0.25) is 0 Å². The molecule has 2 rings (SSSR count). The highest BCUT2D eigenvalue weighted by atomic mass is 16.7. The second kappa shape index (κ2) is 9.90. The summed E-state index contributed by atoms with van der Waals surface area (Å²) in [5.74, 6) is 0. The van der Waals surface area contributed by atoms with Crippen molar-refractivity contribution in [3.8, 4) is 0 Å². The maximum absolute atomic E-state index is 8.83. The van der Waals surface area contributed by atoms with E-state index in [2.05, 4.69) is 0 Å². The number of hydrogen-bond donors (Lipinski definition) is 1. The first-order chi connectivity index (χ1) is 10.9. The summed E-state index contributed by atoms with van der Waals surface area (Å²) in [5.41, 5.74) is 2.23. The number of rotatable bonds is 9. The monoisotopic (exact) mass is 298 g/mol. The number of aliphatic hydroxyl groups is 1. The summed E-state index contributed by atoms with van der Waals surface area (Å²) in [6.45, 7) is 1.05. The molecule has 0 spiro atoms. The van der Waals surface area contributed by atoms with Crippen LogP contribution >= 0.6 is 0 Å². The number of hydrogen-bond acceptors (Lipinski definition) is 3. The average molecular weight is 298 g/mol. The molecular weight excluding hydrogens is 276 g/mol. The van der Waals surface area contributed by atoms with Crippen LogP contribution in [0.2, 0.25) is 0 Å². The zero-order valence-electron chi connectivity index (χ0n) is 12.6. The molecule has 0 amide bonds. The fourth-order valence-electron chi connectivity index (χ4n) is 1.99. The van der Waals surface area contributed by atoms with Gasteiger partial charge >= 0.3 is 0 Å². The molecule has 0 aliphatic heterocycles. The van der Waals surface area contributed by atoms with Gasteiger partial charge in [-0.15, -0.1) is 0 Å². The van der Waals surface area contributed by atoms with Crippen molar-refractivity contribution in [3.05, 3.63) is 83.9 Å². The van der Waals surface area contributed by atoms with E-state index in [1.165, 1.54) is 0 Å². The maximum Gasteiger partial charge on any atom is 0.161 e. The zero-order chi connectivity index (χ0) is 15.5. The Kier molecular flexibility index (Phi) is 7.39. The molecule has 3 heteroatoms. The van der Waals surface area contributed by atoms with Crippen molar-refractivity contribution in [1.29, 1.82) is 0 Å². The van der Waals surface area contributed by atoms with E-state index in [1.54, 1.807) is 6.08 Å². The molecule has 22 heavy (non-hydrogen) atoms. The number of aliphatic hydroxyl groups excluding tert-OH is 1.